The fraction of sp³-hybridized carbons (Fsp3) is 0.625. The number of methoxy groups -OCH3 is 2. The van der Waals surface area contributed by atoms with Gasteiger partial charge in [-0.05, 0) is 0 Å². The summed E-state index contributed by atoms with van der Waals surface area (Å²) in [5, 5.41) is 2.32. The van der Waals surface area contributed by atoms with Crippen LogP contribution in [-0.2, 0) is 19.1 Å². The van der Waals surface area contributed by atoms with Gasteiger partial charge in [0, 0.05) is 20.8 Å². The molecule has 1 atom stereocenters. The van der Waals surface area contributed by atoms with E-state index in [1.165, 1.54) is 14.2 Å². The molecule has 78 valence electrons. The maximum absolute atomic E-state index is 11.5. The molecule has 0 aliphatic carbocycles. The summed E-state index contributed by atoms with van der Waals surface area (Å²) < 4.78 is 9.96. The van der Waals surface area contributed by atoms with Crippen molar-refractivity contribution in [3.8, 4) is 0 Å². The molecule has 1 unspecified atom stereocenters. The molecule has 0 radical (unpaired) electrons. The summed E-state index contributed by atoms with van der Waals surface area (Å²) in [6, 6.07) is 0. The third-order valence-corrected chi connectivity index (χ3v) is 2.32. The third kappa shape index (κ3) is 1.25. The average Bonchev–Trinajstić information content (AvgIpc) is 2.50. The SMILES string of the molecule is COC1(OC)C(=O)NC(=C=O)C1CN. The van der Waals surface area contributed by atoms with Crippen molar-refractivity contribution in [2.24, 2.45) is 11.7 Å². The lowest BCUT2D eigenvalue weighted by atomic mass is 9.99. The molecule has 1 heterocycles. The molecule has 0 aromatic heterocycles. The second-order valence-electron chi connectivity index (χ2n) is 2.83. The van der Waals surface area contributed by atoms with Gasteiger partial charge in [-0.15, -0.1) is 0 Å². The zero-order valence-electron chi connectivity index (χ0n) is 7.99. The molecule has 0 saturated carbocycles. The van der Waals surface area contributed by atoms with E-state index in [9.17, 15) is 9.59 Å². The highest BCUT2D eigenvalue weighted by Gasteiger charge is 2.54. The van der Waals surface area contributed by atoms with Gasteiger partial charge < -0.3 is 20.5 Å². The van der Waals surface area contributed by atoms with E-state index in [1.54, 1.807) is 5.94 Å². The summed E-state index contributed by atoms with van der Waals surface area (Å²) in [6.07, 6.45) is 0. The zero-order chi connectivity index (χ0) is 10.8. The summed E-state index contributed by atoms with van der Waals surface area (Å²) in [4.78, 5) is 22.0. The molecule has 6 nitrogen and oxygen atoms in total. The highest BCUT2D eigenvalue weighted by Crippen LogP contribution is 2.32. The predicted molar refractivity (Wildman–Crippen MR) is 46.6 cm³/mol. The maximum atomic E-state index is 11.5. The van der Waals surface area contributed by atoms with E-state index in [0.717, 1.165) is 0 Å². The molecule has 1 aliphatic heterocycles. The van der Waals surface area contributed by atoms with E-state index in [4.69, 9.17) is 15.2 Å². The standard InChI is InChI=1S/C8H12N2O4/c1-13-8(14-2)5(3-9)6(4-11)10-7(8)12/h5H,3,9H2,1-2H3,(H,10,12). The van der Waals surface area contributed by atoms with Gasteiger partial charge in [-0.1, -0.05) is 0 Å². The topological polar surface area (TPSA) is 90.6 Å². The molecular formula is C8H12N2O4. The predicted octanol–water partition coefficient (Wildman–Crippen LogP) is -1.60. The summed E-state index contributed by atoms with van der Waals surface area (Å²) in [5.41, 5.74) is 5.51. The van der Waals surface area contributed by atoms with Crippen molar-refractivity contribution < 1.29 is 19.1 Å². The van der Waals surface area contributed by atoms with E-state index < -0.39 is 17.6 Å². The largest absolute Gasteiger partial charge is 0.345 e. The number of hydrogen-bond acceptors (Lipinski definition) is 5. The molecule has 1 aliphatic rings. The quantitative estimate of drug-likeness (QED) is 0.423. The van der Waals surface area contributed by atoms with Crippen molar-refractivity contribution in [3.05, 3.63) is 5.70 Å². The van der Waals surface area contributed by atoms with Gasteiger partial charge in [0.05, 0.1) is 5.92 Å². The summed E-state index contributed by atoms with van der Waals surface area (Å²) in [6.45, 7) is 0.0605. The van der Waals surface area contributed by atoms with Gasteiger partial charge in [0.25, 0.3) is 11.7 Å². The molecule has 1 amide bonds. The summed E-state index contributed by atoms with van der Waals surface area (Å²) in [7, 11) is 2.64. The first-order chi connectivity index (χ1) is 6.66. The minimum absolute atomic E-state index is 0.0605. The van der Waals surface area contributed by atoms with Gasteiger partial charge in [-0.3, -0.25) is 4.79 Å². The molecule has 1 rings (SSSR count). The number of carbonyl (C=O) groups is 1. The average molecular weight is 200 g/mol. The number of hydrogen-bond donors (Lipinski definition) is 2. The van der Waals surface area contributed by atoms with Crippen LogP contribution in [0.4, 0.5) is 0 Å². The van der Waals surface area contributed by atoms with Crippen LogP contribution in [-0.4, -0.2) is 38.4 Å². The maximum Gasteiger partial charge on any atom is 0.285 e. The van der Waals surface area contributed by atoms with Gasteiger partial charge in [0.1, 0.15) is 11.6 Å². The Morgan fingerprint density at radius 1 is 1.57 bits per heavy atom. The van der Waals surface area contributed by atoms with Crippen LogP contribution in [0.3, 0.4) is 0 Å². The van der Waals surface area contributed by atoms with Crippen molar-refractivity contribution in [3.63, 3.8) is 0 Å². The number of rotatable bonds is 3. The van der Waals surface area contributed by atoms with Gasteiger partial charge in [-0.2, -0.15) is 0 Å². The van der Waals surface area contributed by atoms with Crippen LogP contribution in [0.1, 0.15) is 0 Å². The molecule has 0 aromatic rings. The first-order valence-electron chi connectivity index (χ1n) is 4.03. The molecule has 14 heavy (non-hydrogen) atoms. The highest BCUT2D eigenvalue weighted by molar-refractivity contribution is 5.92. The van der Waals surface area contributed by atoms with Crippen LogP contribution in [0.5, 0.6) is 0 Å². The molecule has 1 fully saturated rings. The molecule has 3 N–H and O–H groups in total. The van der Waals surface area contributed by atoms with Crippen LogP contribution in [0.25, 0.3) is 0 Å². The van der Waals surface area contributed by atoms with Crippen LogP contribution in [0.2, 0.25) is 0 Å². The van der Waals surface area contributed by atoms with Crippen LogP contribution < -0.4 is 11.1 Å². The monoisotopic (exact) mass is 200 g/mol. The van der Waals surface area contributed by atoms with Crippen LogP contribution in [0, 0.1) is 5.92 Å². The Kier molecular flexibility index (Phi) is 3.03. The fourth-order valence-corrected chi connectivity index (χ4v) is 1.57. The van der Waals surface area contributed by atoms with E-state index in [-0.39, 0.29) is 12.2 Å². The molecule has 0 aromatic carbocycles. The number of amides is 1. The molecular weight excluding hydrogens is 188 g/mol. The Bertz CT molecular complexity index is 292. The number of carbonyl (C=O) groups excluding carboxylic acids is 2. The molecule has 0 spiro atoms. The Labute approximate surface area is 81.0 Å². The van der Waals surface area contributed by atoms with Crippen molar-refractivity contribution in [1.82, 2.24) is 5.32 Å². The lowest BCUT2D eigenvalue weighted by Crippen LogP contribution is -2.48. The van der Waals surface area contributed by atoms with Gasteiger partial charge in [0.15, 0.2) is 0 Å². The second kappa shape index (κ2) is 3.89. The van der Waals surface area contributed by atoms with E-state index in [2.05, 4.69) is 5.32 Å². The lowest BCUT2D eigenvalue weighted by molar-refractivity contribution is -0.215. The Morgan fingerprint density at radius 2 is 2.14 bits per heavy atom. The summed E-state index contributed by atoms with van der Waals surface area (Å²) >= 11 is 0. The van der Waals surface area contributed by atoms with Gasteiger partial charge >= 0.3 is 0 Å². The van der Waals surface area contributed by atoms with Crippen molar-refractivity contribution in [2.45, 2.75) is 5.79 Å². The minimum atomic E-state index is -1.50. The minimum Gasteiger partial charge on any atom is -0.345 e. The third-order valence-electron chi connectivity index (χ3n) is 2.32. The smallest absolute Gasteiger partial charge is 0.285 e. The zero-order valence-corrected chi connectivity index (χ0v) is 7.99. The molecule has 6 heteroatoms. The number of nitrogens with two attached hydrogens (primary N) is 1. The van der Waals surface area contributed by atoms with Gasteiger partial charge in [-0.25, -0.2) is 4.79 Å². The Morgan fingerprint density at radius 3 is 2.50 bits per heavy atom. The molecule has 0 bridgehead atoms. The molecule has 1 saturated heterocycles. The first-order valence-corrected chi connectivity index (χ1v) is 4.03. The summed E-state index contributed by atoms with van der Waals surface area (Å²) in [5.74, 6) is -1.05. The van der Waals surface area contributed by atoms with Crippen molar-refractivity contribution >= 4 is 11.8 Å². The number of nitrogens with one attached hydrogen (secondary N) is 1. The van der Waals surface area contributed by atoms with Crippen LogP contribution >= 0.6 is 0 Å². The second-order valence-corrected chi connectivity index (χ2v) is 2.83. The first kappa shape index (κ1) is 10.9. The number of ether oxygens (including phenoxy) is 2. The van der Waals surface area contributed by atoms with E-state index in [0.29, 0.717) is 0 Å². The fourth-order valence-electron chi connectivity index (χ4n) is 1.57. The Balaban J connectivity index is 3.16. The lowest BCUT2D eigenvalue weighted by Gasteiger charge is -2.27. The van der Waals surface area contributed by atoms with Crippen molar-refractivity contribution in [1.29, 1.82) is 0 Å². The van der Waals surface area contributed by atoms with Crippen molar-refractivity contribution in [2.75, 3.05) is 20.8 Å². The van der Waals surface area contributed by atoms with E-state index >= 15 is 0 Å². The van der Waals surface area contributed by atoms with Crippen LogP contribution in [0.15, 0.2) is 5.70 Å². The highest BCUT2D eigenvalue weighted by atomic mass is 16.7. The van der Waals surface area contributed by atoms with Gasteiger partial charge in [0.2, 0.25) is 0 Å². The normalized spacial score (nSPS) is 24.6. The Hall–Kier alpha value is -1.20. The van der Waals surface area contributed by atoms with E-state index in [1.807, 2.05) is 0 Å².